The lowest BCUT2D eigenvalue weighted by molar-refractivity contribution is -0.103. The summed E-state index contributed by atoms with van der Waals surface area (Å²) in [6.07, 6.45) is 3.25. The molecule has 0 radical (unpaired) electrons. The van der Waals surface area contributed by atoms with E-state index in [1.54, 1.807) is 30.3 Å². The number of rotatable bonds is 7. The van der Waals surface area contributed by atoms with Gasteiger partial charge in [-0.2, -0.15) is 0 Å². The van der Waals surface area contributed by atoms with Crippen molar-refractivity contribution in [3.63, 3.8) is 0 Å². The number of aryl methyl sites for hydroxylation is 1. The van der Waals surface area contributed by atoms with Crippen LogP contribution in [0.2, 0.25) is 0 Å². The van der Waals surface area contributed by atoms with E-state index in [4.69, 9.17) is 0 Å². The smallest absolute Gasteiger partial charge is 0.251 e. The summed E-state index contributed by atoms with van der Waals surface area (Å²) in [4.78, 5) is 38.9. The third-order valence-electron chi connectivity index (χ3n) is 5.18. The first-order chi connectivity index (χ1) is 14.4. The predicted octanol–water partition coefficient (Wildman–Crippen LogP) is 4.67. The summed E-state index contributed by atoms with van der Waals surface area (Å²) < 4.78 is 0. The number of hydrogen-bond acceptors (Lipinski definition) is 3. The first-order valence-corrected chi connectivity index (χ1v) is 9.72. The number of carbonyl (C=O) groups excluding carboxylic acids is 3. The van der Waals surface area contributed by atoms with E-state index in [9.17, 15) is 14.4 Å². The van der Waals surface area contributed by atoms with Crippen molar-refractivity contribution in [1.29, 1.82) is 0 Å². The average molecular weight is 400 g/mol. The molecule has 1 aromatic heterocycles. The molecule has 5 heteroatoms. The van der Waals surface area contributed by atoms with Crippen molar-refractivity contribution in [1.82, 2.24) is 10.3 Å². The number of aromatic nitrogens is 1. The lowest BCUT2D eigenvalue weighted by Crippen LogP contribution is -2.26. The maximum absolute atomic E-state index is 12.7. The van der Waals surface area contributed by atoms with Crippen LogP contribution >= 0.6 is 0 Å². The summed E-state index contributed by atoms with van der Waals surface area (Å²) in [7, 11) is 0. The van der Waals surface area contributed by atoms with E-state index in [0.29, 0.717) is 28.0 Å². The van der Waals surface area contributed by atoms with E-state index in [1.165, 1.54) is 0 Å². The molecule has 0 aliphatic rings. The molecule has 0 saturated heterocycles. The van der Waals surface area contributed by atoms with Crippen molar-refractivity contribution in [2.75, 3.05) is 0 Å². The minimum absolute atomic E-state index is 0.144. The van der Waals surface area contributed by atoms with Crippen molar-refractivity contribution >= 4 is 30.1 Å². The van der Waals surface area contributed by atoms with Crippen LogP contribution < -0.4 is 5.32 Å². The van der Waals surface area contributed by atoms with Crippen LogP contribution in [0.3, 0.4) is 0 Å². The molecular formula is C25H24N2O3. The number of allylic oxidation sites excluding steroid dienone is 1. The van der Waals surface area contributed by atoms with Crippen LogP contribution in [0.5, 0.6) is 0 Å². The van der Waals surface area contributed by atoms with Gasteiger partial charge in [-0.05, 0) is 55.7 Å². The van der Waals surface area contributed by atoms with Crippen LogP contribution in [0, 0.1) is 13.8 Å². The molecule has 1 heterocycles. The second-order valence-corrected chi connectivity index (χ2v) is 7.22. The number of aromatic amines is 1. The Morgan fingerprint density at radius 1 is 1.00 bits per heavy atom. The van der Waals surface area contributed by atoms with Gasteiger partial charge < -0.3 is 10.3 Å². The SMILES string of the molecule is Cc1[nH]c(/C=C(\C=O)c2cccc(C(=O)NC(C)c3ccccc3)c2)c(C)c1C=O. The van der Waals surface area contributed by atoms with Gasteiger partial charge in [-0.3, -0.25) is 14.4 Å². The van der Waals surface area contributed by atoms with Crippen LogP contribution in [-0.4, -0.2) is 23.5 Å². The largest absolute Gasteiger partial charge is 0.358 e. The summed E-state index contributed by atoms with van der Waals surface area (Å²) in [5.74, 6) is -0.214. The Bertz CT molecular complexity index is 1110. The quantitative estimate of drug-likeness (QED) is 0.447. The van der Waals surface area contributed by atoms with E-state index in [0.717, 1.165) is 29.4 Å². The standard InChI is InChI=1S/C25H24N2O3/c1-16-23(15-29)18(3)26-24(16)13-22(14-28)20-10-7-11-21(12-20)25(30)27-17(2)19-8-5-4-6-9-19/h4-15,17,26H,1-3H3,(H,27,30)/b22-13+. The van der Waals surface area contributed by atoms with Gasteiger partial charge in [-0.1, -0.05) is 42.5 Å². The lowest BCUT2D eigenvalue weighted by Gasteiger charge is -2.14. The molecule has 0 spiro atoms. The zero-order valence-corrected chi connectivity index (χ0v) is 17.2. The van der Waals surface area contributed by atoms with Crippen molar-refractivity contribution in [3.05, 3.63) is 93.8 Å². The normalized spacial score (nSPS) is 12.3. The van der Waals surface area contributed by atoms with E-state index in [2.05, 4.69) is 10.3 Å². The van der Waals surface area contributed by atoms with Gasteiger partial charge in [-0.15, -0.1) is 0 Å². The molecule has 0 aliphatic heterocycles. The zero-order chi connectivity index (χ0) is 21.7. The van der Waals surface area contributed by atoms with Gasteiger partial charge in [0.1, 0.15) is 0 Å². The molecule has 30 heavy (non-hydrogen) atoms. The molecule has 0 aliphatic carbocycles. The van der Waals surface area contributed by atoms with Gasteiger partial charge in [0, 0.05) is 28.1 Å². The zero-order valence-electron chi connectivity index (χ0n) is 17.2. The topological polar surface area (TPSA) is 79.0 Å². The van der Waals surface area contributed by atoms with E-state index in [-0.39, 0.29) is 11.9 Å². The third-order valence-corrected chi connectivity index (χ3v) is 5.18. The number of H-pyrrole nitrogens is 1. The highest BCUT2D eigenvalue weighted by Crippen LogP contribution is 2.23. The fourth-order valence-corrected chi connectivity index (χ4v) is 3.40. The molecule has 1 unspecified atom stereocenters. The summed E-state index contributed by atoms with van der Waals surface area (Å²) in [5.41, 5.74) is 5.36. The van der Waals surface area contributed by atoms with Crippen LogP contribution in [0.15, 0.2) is 54.6 Å². The lowest BCUT2D eigenvalue weighted by atomic mass is 10.0. The average Bonchev–Trinajstić information content (AvgIpc) is 3.04. The van der Waals surface area contributed by atoms with E-state index in [1.807, 2.05) is 51.1 Å². The van der Waals surface area contributed by atoms with Crippen molar-refractivity contribution < 1.29 is 14.4 Å². The van der Waals surface area contributed by atoms with Crippen molar-refractivity contribution in [2.45, 2.75) is 26.8 Å². The molecule has 1 atom stereocenters. The number of amides is 1. The highest BCUT2D eigenvalue weighted by molar-refractivity contribution is 6.14. The minimum Gasteiger partial charge on any atom is -0.358 e. The molecule has 0 fully saturated rings. The summed E-state index contributed by atoms with van der Waals surface area (Å²) >= 11 is 0. The molecule has 1 amide bonds. The van der Waals surface area contributed by atoms with E-state index < -0.39 is 0 Å². The fourth-order valence-electron chi connectivity index (χ4n) is 3.40. The highest BCUT2D eigenvalue weighted by Gasteiger charge is 2.14. The van der Waals surface area contributed by atoms with Gasteiger partial charge in [0.15, 0.2) is 12.6 Å². The summed E-state index contributed by atoms with van der Waals surface area (Å²) in [5, 5.41) is 2.98. The third kappa shape index (κ3) is 4.46. The Hall–Kier alpha value is -3.73. The Morgan fingerprint density at radius 3 is 2.33 bits per heavy atom. The van der Waals surface area contributed by atoms with Gasteiger partial charge in [-0.25, -0.2) is 0 Å². The molecule has 0 bridgehead atoms. The monoisotopic (exact) mass is 400 g/mol. The Kier molecular flexibility index (Phi) is 6.42. The molecule has 2 aromatic carbocycles. The first-order valence-electron chi connectivity index (χ1n) is 9.72. The first kappa shape index (κ1) is 21.0. The van der Waals surface area contributed by atoms with E-state index >= 15 is 0 Å². The van der Waals surface area contributed by atoms with Gasteiger partial charge in [0.05, 0.1) is 6.04 Å². The van der Waals surface area contributed by atoms with Gasteiger partial charge in [0.2, 0.25) is 0 Å². The van der Waals surface area contributed by atoms with Crippen LogP contribution in [0.25, 0.3) is 11.6 Å². The predicted molar refractivity (Wildman–Crippen MR) is 118 cm³/mol. The second-order valence-electron chi connectivity index (χ2n) is 7.22. The number of aldehydes is 2. The minimum atomic E-state index is -0.214. The molecule has 152 valence electrons. The van der Waals surface area contributed by atoms with Gasteiger partial charge >= 0.3 is 0 Å². The summed E-state index contributed by atoms with van der Waals surface area (Å²) in [6.45, 7) is 5.57. The molecule has 3 aromatic rings. The molecule has 5 nitrogen and oxygen atoms in total. The number of benzene rings is 2. The molecule has 2 N–H and O–H groups in total. The maximum atomic E-state index is 12.7. The Labute approximate surface area is 175 Å². The van der Waals surface area contributed by atoms with Crippen LogP contribution in [-0.2, 0) is 4.79 Å². The second kappa shape index (κ2) is 9.18. The van der Waals surface area contributed by atoms with Crippen LogP contribution in [0.1, 0.15) is 61.8 Å². The highest BCUT2D eigenvalue weighted by atomic mass is 16.1. The Balaban J connectivity index is 1.87. The molecule has 0 saturated carbocycles. The number of hydrogen-bond donors (Lipinski definition) is 2. The summed E-state index contributed by atoms with van der Waals surface area (Å²) in [6, 6.07) is 16.5. The number of nitrogens with one attached hydrogen (secondary N) is 2. The van der Waals surface area contributed by atoms with Crippen molar-refractivity contribution in [3.8, 4) is 0 Å². The molecule has 3 rings (SSSR count). The Morgan fingerprint density at radius 2 is 1.70 bits per heavy atom. The fraction of sp³-hybridized carbons (Fsp3) is 0.160. The number of carbonyl (C=O) groups is 3. The van der Waals surface area contributed by atoms with Gasteiger partial charge in [0.25, 0.3) is 5.91 Å². The van der Waals surface area contributed by atoms with Crippen molar-refractivity contribution in [2.24, 2.45) is 0 Å². The maximum Gasteiger partial charge on any atom is 0.251 e. The molecular weight excluding hydrogens is 376 g/mol. The van der Waals surface area contributed by atoms with Crippen LogP contribution in [0.4, 0.5) is 0 Å².